The number of nitrogens with two attached hydrogens (primary N) is 1. The van der Waals surface area contributed by atoms with Gasteiger partial charge in [-0.25, -0.2) is 0 Å². The van der Waals surface area contributed by atoms with E-state index in [1.54, 1.807) is 0 Å². The number of nitriles is 1. The summed E-state index contributed by atoms with van der Waals surface area (Å²) in [6.07, 6.45) is 0.989. The zero-order chi connectivity index (χ0) is 21.0. The van der Waals surface area contributed by atoms with Crippen molar-refractivity contribution in [1.82, 2.24) is 0 Å². The highest BCUT2D eigenvalue weighted by molar-refractivity contribution is 6.44. The average molecular weight is 419 g/mol. The van der Waals surface area contributed by atoms with Crippen molar-refractivity contribution in [3.05, 3.63) is 56.7 Å². The summed E-state index contributed by atoms with van der Waals surface area (Å²) in [5.74, 6) is 0.0532. The lowest BCUT2D eigenvalue weighted by Crippen LogP contribution is -2.34. The van der Waals surface area contributed by atoms with Crippen LogP contribution in [0.1, 0.15) is 65.3 Å². The normalized spacial score (nSPS) is 21.5. The number of Topliss-reactive ketones (excluding diaryl/α,β-unsaturated/α-hetero) is 1. The topological polar surface area (TPSA) is 76.1 Å². The van der Waals surface area contributed by atoms with E-state index in [4.69, 9.17) is 33.7 Å². The third kappa shape index (κ3) is 3.32. The second-order valence-corrected chi connectivity index (χ2v) is 9.56. The van der Waals surface area contributed by atoms with Crippen LogP contribution < -0.4 is 5.73 Å². The number of nitrogens with zero attached hydrogens (tertiary/aromatic N) is 1. The molecule has 1 aromatic rings. The molecule has 0 spiro atoms. The Morgan fingerprint density at radius 3 is 2.46 bits per heavy atom. The van der Waals surface area contributed by atoms with E-state index in [9.17, 15) is 10.1 Å². The molecular weight excluding hydrogens is 395 g/mol. The third-order valence-corrected chi connectivity index (χ3v) is 6.11. The van der Waals surface area contributed by atoms with Crippen molar-refractivity contribution in [1.29, 1.82) is 5.26 Å². The number of carbonyl (C=O) groups is 1. The lowest BCUT2D eigenvalue weighted by atomic mass is 9.69. The van der Waals surface area contributed by atoms with Crippen LogP contribution in [0.2, 0.25) is 0 Å². The summed E-state index contributed by atoms with van der Waals surface area (Å²) in [4.78, 5) is 12.4. The molecule has 2 aliphatic rings. The molecule has 1 aliphatic carbocycles. The summed E-state index contributed by atoms with van der Waals surface area (Å²) < 4.78 is 5.77. The van der Waals surface area contributed by atoms with Crippen molar-refractivity contribution in [3.63, 3.8) is 0 Å². The number of hydrogen-bond acceptors (Lipinski definition) is 4. The summed E-state index contributed by atoms with van der Waals surface area (Å²) in [7, 11) is 0. The van der Waals surface area contributed by atoms with Gasteiger partial charge in [-0.05, 0) is 54.0 Å². The fourth-order valence-corrected chi connectivity index (χ4v) is 5.24. The first-order valence-corrected chi connectivity index (χ1v) is 10.1. The minimum atomic E-state index is -0.708. The molecule has 28 heavy (non-hydrogen) atoms. The van der Waals surface area contributed by atoms with Gasteiger partial charge in [0, 0.05) is 18.4 Å². The van der Waals surface area contributed by atoms with Crippen molar-refractivity contribution in [2.45, 2.75) is 58.2 Å². The molecule has 0 aromatic heterocycles. The zero-order valence-corrected chi connectivity index (χ0v) is 18.3. The van der Waals surface area contributed by atoms with Crippen LogP contribution in [0.15, 0.2) is 28.9 Å². The maximum atomic E-state index is 13.1. The molecule has 0 saturated carbocycles. The van der Waals surface area contributed by atoms with Gasteiger partial charge in [-0.1, -0.05) is 19.9 Å². The van der Waals surface area contributed by atoms with E-state index < -0.39 is 10.8 Å². The average Bonchev–Trinajstić information content (AvgIpc) is 2.51. The lowest BCUT2D eigenvalue weighted by molar-refractivity contribution is -0.119. The van der Waals surface area contributed by atoms with Crippen molar-refractivity contribution in [2.75, 3.05) is 0 Å². The molecule has 148 valence electrons. The van der Waals surface area contributed by atoms with E-state index in [1.807, 2.05) is 40.7 Å². The fraction of sp³-hybridized carbons (Fsp3) is 0.455. The highest BCUT2D eigenvalue weighted by atomic mass is 35.5. The van der Waals surface area contributed by atoms with E-state index in [0.717, 1.165) is 27.8 Å². The molecule has 0 unspecified atom stereocenters. The number of hydrogen-bond donors (Lipinski definition) is 1. The molecule has 0 fully saturated rings. The predicted octanol–water partition coefficient (Wildman–Crippen LogP) is 5.54. The number of alkyl halides is 2. The van der Waals surface area contributed by atoms with Gasteiger partial charge in [0.1, 0.15) is 22.2 Å². The van der Waals surface area contributed by atoms with E-state index in [2.05, 4.69) is 6.07 Å². The van der Waals surface area contributed by atoms with Gasteiger partial charge in [-0.15, -0.1) is 23.2 Å². The second-order valence-electron chi connectivity index (χ2n) is 8.47. The van der Waals surface area contributed by atoms with Crippen LogP contribution >= 0.6 is 23.2 Å². The van der Waals surface area contributed by atoms with Crippen LogP contribution in [0, 0.1) is 37.5 Å². The van der Waals surface area contributed by atoms with Gasteiger partial charge in [0.25, 0.3) is 0 Å². The highest BCUT2D eigenvalue weighted by Gasteiger charge is 2.44. The molecular formula is C22H24Cl2N2O2. The van der Waals surface area contributed by atoms with E-state index in [0.29, 0.717) is 24.2 Å². The Morgan fingerprint density at radius 1 is 1.25 bits per heavy atom. The number of ketones is 1. The van der Waals surface area contributed by atoms with E-state index >= 15 is 0 Å². The van der Waals surface area contributed by atoms with Crippen molar-refractivity contribution in [2.24, 2.45) is 11.1 Å². The van der Waals surface area contributed by atoms with Gasteiger partial charge in [0.15, 0.2) is 5.78 Å². The molecule has 0 radical (unpaired) electrons. The van der Waals surface area contributed by atoms with Crippen LogP contribution in [0.4, 0.5) is 0 Å². The molecule has 1 heterocycles. The molecule has 4 nitrogen and oxygen atoms in total. The van der Waals surface area contributed by atoms with Crippen LogP contribution in [0.3, 0.4) is 0 Å². The first-order valence-electron chi connectivity index (χ1n) is 9.21. The van der Waals surface area contributed by atoms with Gasteiger partial charge in [0.2, 0.25) is 5.88 Å². The minimum Gasteiger partial charge on any atom is -0.444 e. The van der Waals surface area contributed by atoms with E-state index in [-0.39, 0.29) is 22.7 Å². The van der Waals surface area contributed by atoms with Crippen molar-refractivity contribution >= 4 is 29.0 Å². The standard InChI is InChI=1S/C22H24Cl2N2O2/c1-10-6-11(2)17(20(23)24)12(3)16(10)18-13(9-25)21(26)28-15-8-22(4,5)7-14(27)19(15)18/h6,18,20H,7-8,26H2,1-5H3/t18-/m1/s1. The molecule has 0 saturated heterocycles. The number of benzene rings is 1. The second kappa shape index (κ2) is 7.13. The minimum absolute atomic E-state index is 0.00859. The Morgan fingerprint density at radius 2 is 1.89 bits per heavy atom. The first kappa shape index (κ1) is 20.8. The largest absolute Gasteiger partial charge is 0.444 e. The molecule has 0 amide bonds. The summed E-state index contributed by atoms with van der Waals surface area (Å²) in [6, 6.07) is 4.17. The van der Waals surface area contributed by atoms with Crippen LogP contribution in [0.5, 0.6) is 0 Å². The quantitative estimate of drug-likeness (QED) is 0.639. The smallest absolute Gasteiger partial charge is 0.205 e. The number of allylic oxidation sites excluding steroid dienone is 3. The fourth-order valence-electron chi connectivity index (χ4n) is 4.57. The van der Waals surface area contributed by atoms with Crippen molar-refractivity contribution in [3.8, 4) is 6.07 Å². The maximum Gasteiger partial charge on any atom is 0.205 e. The number of aryl methyl sites for hydroxylation is 2. The molecule has 1 atom stereocenters. The summed E-state index contributed by atoms with van der Waals surface area (Å²) >= 11 is 12.5. The summed E-state index contributed by atoms with van der Waals surface area (Å²) in [5.41, 5.74) is 11.2. The first-order chi connectivity index (χ1) is 13.0. The van der Waals surface area contributed by atoms with Crippen molar-refractivity contribution < 1.29 is 9.53 Å². The monoisotopic (exact) mass is 418 g/mol. The number of carbonyl (C=O) groups excluding carboxylic acids is 1. The van der Waals surface area contributed by atoms with Crippen LogP contribution in [-0.4, -0.2) is 5.78 Å². The zero-order valence-electron chi connectivity index (χ0n) is 16.7. The number of ether oxygens (including phenoxy) is 1. The number of rotatable bonds is 2. The van der Waals surface area contributed by atoms with Crippen LogP contribution in [-0.2, 0) is 9.53 Å². The summed E-state index contributed by atoms with van der Waals surface area (Å²) in [6.45, 7) is 9.90. The Kier molecular flexibility index (Phi) is 5.29. The Labute approximate surface area is 175 Å². The van der Waals surface area contributed by atoms with E-state index in [1.165, 1.54) is 0 Å². The summed E-state index contributed by atoms with van der Waals surface area (Å²) in [5, 5.41) is 9.83. The highest BCUT2D eigenvalue weighted by Crippen LogP contribution is 2.50. The SMILES string of the molecule is Cc1cc(C)c([C@H]2C(C#N)=C(N)OC3=C2C(=O)CC(C)(C)C3)c(C)c1C(Cl)Cl. The Bertz CT molecular complexity index is 981. The van der Waals surface area contributed by atoms with Gasteiger partial charge < -0.3 is 10.5 Å². The molecule has 1 aliphatic heterocycles. The van der Waals surface area contributed by atoms with Gasteiger partial charge >= 0.3 is 0 Å². The Hall–Kier alpha value is -1.96. The van der Waals surface area contributed by atoms with Crippen LogP contribution in [0.25, 0.3) is 0 Å². The molecule has 1 aromatic carbocycles. The third-order valence-electron chi connectivity index (χ3n) is 5.67. The molecule has 0 bridgehead atoms. The molecule has 3 rings (SSSR count). The van der Waals surface area contributed by atoms with Gasteiger partial charge in [-0.2, -0.15) is 5.26 Å². The maximum absolute atomic E-state index is 13.1. The molecule has 6 heteroatoms. The van der Waals surface area contributed by atoms with Gasteiger partial charge in [0.05, 0.1) is 5.92 Å². The van der Waals surface area contributed by atoms with Gasteiger partial charge in [-0.3, -0.25) is 4.79 Å². The Balaban J connectivity index is 2.34. The molecule has 2 N–H and O–H groups in total. The number of halogens is 2. The predicted molar refractivity (Wildman–Crippen MR) is 111 cm³/mol. The lowest BCUT2D eigenvalue weighted by Gasteiger charge is -2.38.